The molecular weight excluding hydrogens is 292 g/mol. The van der Waals surface area contributed by atoms with Gasteiger partial charge in [0.25, 0.3) is 11.8 Å². The van der Waals surface area contributed by atoms with E-state index in [4.69, 9.17) is 9.47 Å². The number of thiophene rings is 1. The molecule has 7 heteroatoms. The molecule has 1 aromatic heterocycles. The average molecular weight is 308 g/mol. The lowest BCUT2D eigenvalue weighted by molar-refractivity contribution is 0.0938. The van der Waals surface area contributed by atoms with Crippen LogP contribution in [0.15, 0.2) is 25.3 Å². The molecule has 0 aromatic carbocycles. The molecular formula is C14H16N2O4S. The molecule has 2 N–H and O–H groups in total. The van der Waals surface area contributed by atoms with Gasteiger partial charge in [-0.1, -0.05) is 12.2 Å². The van der Waals surface area contributed by atoms with Crippen molar-refractivity contribution in [3.05, 3.63) is 35.1 Å². The number of carbonyl (C=O) groups excluding carboxylic acids is 2. The normalized spacial score (nSPS) is 12.4. The van der Waals surface area contributed by atoms with Crippen LogP contribution in [0.5, 0.6) is 11.5 Å². The van der Waals surface area contributed by atoms with E-state index in [0.717, 1.165) is 11.3 Å². The Morgan fingerprint density at radius 3 is 1.81 bits per heavy atom. The molecule has 0 atom stereocenters. The molecule has 21 heavy (non-hydrogen) atoms. The first-order valence-corrected chi connectivity index (χ1v) is 7.21. The van der Waals surface area contributed by atoms with E-state index in [2.05, 4.69) is 23.8 Å². The highest BCUT2D eigenvalue weighted by atomic mass is 32.1. The lowest BCUT2D eigenvalue weighted by Crippen LogP contribution is -2.24. The summed E-state index contributed by atoms with van der Waals surface area (Å²) >= 11 is 1.05. The fourth-order valence-corrected chi connectivity index (χ4v) is 2.76. The van der Waals surface area contributed by atoms with Gasteiger partial charge in [0.05, 0.1) is 0 Å². The quantitative estimate of drug-likeness (QED) is 0.778. The highest BCUT2D eigenvalue weighted by Gasteiger charge is 2.30. The smallest absolute Gasteiger partial charge is 0.265 e. The summed E-state index contributed by atoms with van der Waals surface area (Å²) in [6, 6.07) is 0. The summed E-state index contributed by atoms with van der Waals surface area (Å²) < 4.78 is 11.0. The average Bonchev–Trinajstić information content (AvgIpc) is 2.90. The van der Waals surface area contributed by atoms with E-state index >= 15 is 0 Å². The maximum absolute atomic E-state index is 12.1. The Hall–Kier alpha value is -2.28. The van der Waals surface area contributed by atoms with Crippen LogP contribution in [-0.4, -0.2) is 38.1 Å². The number of amides is 2. The summed E-state index contributed by atoms with van der Waals surface area (Å²) in [6.07, 6.45) is 3.15. The second kappa shape index (κ2) is 6.94. The van der Waals surface area contributed by atoms with E-state index in [-0.39, 0.29) is 11.8 Å². The van der Waals surface area contributed by atoms with Gasteiger partial charge < -0.3 is 20.1 Å². The SMILES string of the molecule is C=CCNC(=O)c1sc(C(=O)NCC=C)c2c1OCCO2. The van der Waals surface area contributed by atoms with Crippen molar-refractivity contribution in [3.8, 4) is 11.5 Å². The van der Waals surface area contributed by atoms with Gasteiger partial charge in [-0.05, 0) is 0 Å². The number of ether oxygens (including phenoxy) is 2. The number of rotatable bonds is 6. The summed E-state index contributed by atoms with van der Waals surface area (Å²) in [6.45, 7) is 8.45. The molecule has 0 spiro atoms. The molecule has 0 unspecified atom stereocenters. The van der Waals surface area contributed by atoms with Crippen molar-refractivity contribution in [2.75, 3.05) is 26.3 Å². The predicted molar refractivity (Wildman–Crippen MR) is 80.4 cm³/mol. The highest BCUT2D eigenvalue weighted by molar-refractivity contribution is 7.16. The van der Waals surface area contributed by atoms with Gasteiger partial charge in [0, 0.05) is 13.1 Å². The minimum atomic E-state index is -0.315. The zero-order valence-corrected chi connectivity index (χ0v) is 12.3. The van der Waals surface area contributed by atoms with Crippen LogP contribution in [0.3, 0.4) is 0 Å². The van der Waals surface area contributed by atoms with E-state index in [1.807, 2.05) is 0 Å². The predicted octanol–water partition coefficient (Wildman–Crippen LogP) is 1.35. The zero-order valence-electron chi connectivity index (χ0n) is 11.4. The third-order valence-electron chi connectivity index (χ3n) is 2.63. The molecule has 2 rings (SSSR count). The highest BCUT2D eigenvalue weighted by Crippen LogP contribution is 2.43. The van der Waals surface area contributed by atoms with Gasteiger partial charge in [-0.3, -0.25) is 9.59 Å². The van der Waals surface area contributed by atoms with Gasteiger partial charge in [-0.2, -0.15) is 0 Å². The Morgan fingerprint density at radius 1 is 1.00 bits per heavy atom. The molecule has 2 heterocycles. The molecule has 1 aliphatic heterocycles. The molecule has 0 bridgehead atoms. The Kier molecular flexibility index (Phi) is 4.99. The molecule has 2 amide bonds. The van der Waals surface area contributed by atoms with E-state index < -0.39 is 0 Å². The maximum Gasteiger partial charge on any atom is 0.265 e. The van der Waals surface area contributed by atoms with Gasteiger partial charge in [0.15, 0.2) is 11.5 Å². The van der Waals surface area contributed by atoms with E-state index in [1.165, 1.54) is 0 Å². The van der Waals surface area contributed by atoms with Gasteiger partial charge in [-0.25, -0.2) is 0 Å². The number of fused-ring (bicyclic) bond motifs is 1. The van der Waals surface area contributed by atoms with Gasteiger partial charge in [0.2, 0.25) is 0 Å². The van der Waals surface area contributed by atoms with Crippen molar-refractivity contribution in [1.82, 2.24) is 10.6 Å². The van der Waals surface area contributed by atoms with Crippen LogP contribution in [0.4, 0.5) is 0 Å². The molecule has 112 valence electrons. The Morgan fingerprint density at radius 2 is 1.43 bits per heavy atom. The number of hydrogen-bond donors (Lipinski definition) is 2. The fraction of sp³-hybridized carbons (Fsp3) is 0.286. The first-order valence-electron chi connectivity index (χ1n) is 6.39. The van der Waals surface area contributed by atoms with Crippen LogP contribution in [0.25, 0.3) is 0 Å². The summed E-state index contributed by atoms with van der Waals surface area (Å²) in [4.78, 5) is 24.8. The van der Waals surface area contributed by atoms with Crippen LogP contribution < -0.4 is 20.1 Å². The molecule has 1 aliphatic rings. The zero-order chi connectivity index (χ0) is 15.2. The lowest BCUT2D eigenvalue weighted by Gasteiger charge is -2.16. The first kappa shape index (κ1) is 15.1. The largest absolute Gasteiger partial charge is 0.484 e. The third kappa shape index (κ3) is 3.25. The van der Waals surface area contributed by atoms with E-state index in [0.29, 0.717) is 47.6 Å². The van der Waals surface area contributed by atoms with Crippen molar-refractivity contribution in [1.29, 1.82) is 0 Å². The van der Waals surface area contributed by atoms with Crippen molar-refractivity contribution >= 4 is 23.2 Å². The van der Waals surface area contributed by atoms with Gasteiger partial charge in [-0.15, -0.1) is 24.5 Å². The molecule has 0 saturated carbocycles. The minimum absolute atomic E-state index is 0.315. The standard InChI is InChI=1S/C14H16N2O4S/c1-3-5-15-13(17)11-9-10(20-8-7-19-9)12(21-11)14(18)16-6-4-2/h3-4H,1-2,5-8H2,(H,15,17)(H,16,18). The molecule has 6 nitrogen and oxygen atoms in total. The monoisotopic (exact) mass is 308 g/mol. The number of nitrogens with one attached hydrogen (secondary N) is 2. The van der Waals surface area contributed by atoms with E-state index in [9.17, 15) is 9.59 Å². The Bertz CT molecular complexity index is 531. The second-order valence-corrected chi connectivity index (χ2v) is 5.13. The Labute approximate surface area is 126 Å². The van der Waals surface area contributed by atoms with E-state index in [1.54, 1.807) is 12.2 Å². The third-order valence-corrected chi connectivity index (χ3v) is 3.78. The second-order valence-electron chi connectivity index (χ2n) is 4.11. The maximum atomic E-state index is 12.1. The van der Waals surface area contributed by atoms with Crippen LogP contribution in [0.2, 0.25) is 0 Å². The van der Waals surface area contributed by atoms with Crippen molar-refractivity contribution < 1.29 is 19.1 Å². The van der Waals surface area contributed by atoms with Crippen LogP contribution in [-0.2, 0) is 0 Å². The number of hydrogen-bond acceptors (Lipinski definition) is 5. The summed E-state index contributed by atoms with van der Waals surface area (Å²) in [5, 5.41) is 5.33. The van der Waals surface area contributed by atoms with Crippen molar-refractivity contribution in [3.63, 3.8) is 0 Å². The molecule has 0 fully saturated rings. The summed E-state index contributed by atoms with van der Waals surface area (Å²) in [5.41, 5.74) is 0. The molecule has 1 aromatic rings. The topological polar surface area (TPSA) is 76.7 Å². The number of carbonyl (C=O) groups is 2. The van der Waals surface area contributed by atoms with Crippen LogP contribution >= 0.6 is 11.3 Å². The van der Waals surface area contributed by atoms with Crippen LogP contribution in [0.1, 0.15) is 19.3 Å². The van der Waals surface area contributed by atoms with Gasteiger partial charge in [0.1, 0.15) is 23.0 Å². The Balaban J connectivity index is 2.31. The molecule has 0 saturated heterocycles. The van der Waals surface area contributed by atoms with Crippen LogP contribution in [0, 0.1) is 0 Å². The fourth-order valence-electron chi connectivity index (χ4n) is 1.74. The summed E-state index contributed by atoms with van der Waals surface area (Å²) in [7, 11) is 0. The van der Waals surface area contributed by atoms with Crippen molar-refractivity contribution in [2.45, 2.75) is 0 Å². The minimum Gasteiger partial charge on any atom is -0.484 e. The molecule has 0 radical (unpaired) electrons. The molecule has 0 aliphatic carbocycles. The first-order chi connectivity index (χ1) is 10.2. The van der Waals surface area contributed by atoms with Gasteiger partial charge >= 0.3 is 0 Å². The van der Waals surface area contributed by atoms with Crippen molar-refractivity contribution in [2.24, 2.45) is 0 Å². The summed E-state index contributed by atoms with van der Waals surface area (Å²) in [5.74, 6) is 0.0296. The lowest BCUT2D eigenvalue weighted by atomic mass is 10.3.